The second-order valence-electron chi connectivity index (χ2n) is 4.80. The summed E-state index contributed by atoms with van der Waals surface area (Å²) in [5.74, 6) is -0.420. The molecule has 0 aliphatic carbocycles. The van der Waals surface area contributed by atoms with Crippen molar-refractivity contribution in [2.45, 2.75) is 25.3 Å². The van der Waals surface area contributed by atoms with Crippen LogP contribution in [-0.4, -0.2) is 24.0 Å². The Kier molecular flexibility index (Phi) is 6.03. The van der Waals surface area contributed by atoms with Crippen molar-refractivity contribution in [3.8, 4) is 0 Å². The van der Waals surface area contributed by atoms with Gasteiger partial charge in [0.05, 0.1) is 10.9 Å². The van der Waals surface area contributed by atoms with Gasteiger partial charge in [0.15, 0.2) is 12.1 Å². The molecule has 0 fully saturated rings. The summed E-state index contributed by atoms with van der Waals surface area (Å²) in [6.45, 7) is 0. The number of hydrogen-bond donors (Lipinski definition) is 1. The summed E-state index contributed by atoms with van der Waals surface area (Å²) in [5, 5.41) is 4.58. The lowest BCUT2D eigenvalue weighted by Gasteiger charge is -2.17. The van der Waals surface area contributed by atoms with Crippen LogP contribution in [0.2, 0.25) is 0 Å². The third-order valence-electron chi connectivity index (χ3n) is 3.20. The molecule has 0 saturated carbocycles. The molecule has 0 spiro atoms. The van der Waals surface area contributed by atoms with Crippen molar-refractivity contribution in [3.63, 3.8) is 0 Å². The zero-order valence-electron chi connectivity index (χ0n) is 12.0. The van der Waals surface area contributed by atoms with Gasteiger partial charge in [-0.2, -0.15) is 0 Å². The van der Waals surface area contributed by atoms with Gasteiger partial charge >= 0.3 is 0 Å². The van der Waals surface area contributed by atoms with E-state index in [4.69, 9.17) is 0 Å². The van der Waals surface area contributed by atoms with Crippen molar-refractivity contribution >= 4 is 29.3 Å². The maximum absolute atomic E-state index is 12.2. The van der Waals surface area contributed by atoms with E-state index in [1.807, 2.05) is 35.7 Å². The van der Waals surface area contributed by atoms with Crippen molar-refractivity contribution in [3.05, 3.63) is 58.3 Å². The fraction of sp³-hybridized carbons (Fsp3) is 0.235. The number of thiophene rings is 1. The van der Waals surface area contributed by atoms with Crippen LogP contribution in [0.5, 0.6) is 0 Å². The molecule has 1 aromatic carbocycles. The van der Waals surface area contributed by atoms with Gasteiger partial charge in [-0.15, -0.1) is 11.3 Å². The van der Waals surface area contributed by atoms with E-state index in [-0.39, 0.29) is 24.5 Å². The lowest BCUT2D eigenvalue weighted by molar-refractivity contribution is -0.120. The minimum Gasteiger partial charge on any atom is -0.341 e. The summed E-state index contributed by atoms with van der Waals surface area (Å²) < 4.78 is 0. The molecule has 0 bridgehead atoms. The Hall–Kier alpha value is -2.27. The first-order valence-corrected chi connectivity index (χ1v) is 7.84. The van der Waals surface area contributed by atoms with E-state index < -0.39 is 6.04 Å². The molecule has 5 heteroatoms. The van der Waals surface area contributed by atoms with Gasteiger partial charge in [0.25, 0.3) is 5.91 Å². The molecule has 2 rings (SSSR count). The van der Waals surface area contributed by atoms with Gasteiger partial charge in [-0.1, -0.05) is 36.4 Å². The van der Waals surface area contributed by atoms with Crippen molar-refractivity contribution in [2.24, 2.45) is 0 Å². The molecule has 4 nitrogen and oxygen atoms in total. The molecular formula is C17H16NO3S. The summed E-state index contributed by atoms with van der Waals surface area (Å²) in [6.07, 6.45) is 2.27. The highest BCUT2D eigenvalue weighted by Crippen LogP contribution is 2.11. The summed E-state index contributed by atoms with van der Waals surface area (Å²) in [5.41, 5.74) is 0.961. The molecule has 1 N–H and O–H groups in total. The fourth-order valence-corrected chi connectivity index (χ4v) is 2.71. The third kappa shape index (κ3) is 4.63. The molecule has 1 atom stereocenters. The van der Waals surface area contributed by atoms with Gasteiger partial charge in [0.2, 0.25) is 0 Å². The Morgan fingerprint density at radius 1 is 1.14 bits per heavy atom. The van der Waals surface area contributed by atoms with Gasteiger partial charge < -0.3 is 5.32 Å². The fourth-order valence-electron chi connectivity index (χ4n) is 2.08. The average molecular weight is 314 g/mol. The molecule has 0 aliphatic rings. The molecule has 2 aromatic rings. The molecule has 0 saturated heterocycles. The second-order valence-corrected chi connectivity index (χ2v) is 5.75. The minimum atomic E-state index is -0.634. The first-order chi connectivity index (χ1) is 10.7. The largest absolute Gasteiger partial charge is 0.341 e. The molecule has 1 amide bonds. The van der Waals surface area contributed by atoms with Gasteiger partial charge in [0.1, 0.15) is 0 Å². The first-order valence-electron chi connectivity index (χ1n) is 6.96. The zero-order valence-corrected chi connectivity index (χ0v) is 12.8. The molecule has 0 aliphatic heterocycles. The number of carbonyl (C=O) groups is 2. The topological polar surface area (TPSA) is 63.2 Å². The van der Waals surface area contributed by atoms with Gasteiger partial charge in [-0.3, -0.25) is 14.4 Å². The summed E-state index contributed by atoms with van der Waals surface area (Å²) in [7, 11) is 0. The van der Waals surface area contributed by atoms with Crippen LogP contribution in [0.15, 0.2) is 47.8 Å². The highest BCUT2D eigenvalue weighted by Gasteiger charge is 2.21. The van der Waals surface area contributed by atoms with E-state index in [0.29, 0.717) is 11.3 Å². The number of rotatable bonds is 8. The number of carbonyl (C=O) groups excluding carboxylic acids is 3. The van der Waals surface area contributed by atoms with Crippen LogP contribution in [-0.2, 0) is 16.0 Å². The summed E-state index contributed by atoms with van der Waals surface area (Å²) in [4.78, 5) is 35.3. The van der Waals surface area contributed by atoms with E-state index in [0.717, 1.165) is 5.56 Å². The van der Waals surface area contributed by atoms with Crippen molar-refractivity contribution in [1.29, 1.82) is 0 Å². The number of amides is 1. The number of ketones is 1. The standard InChI is InChI=1S/C17H16NO3S/c19-10-4-8-15(20)14(12-13-6-2-1-3-7-13)18-17(21)16-9-5-11-22-16/h1-3,5-7,9,11,14H,4,8,12H2,(H,18,21)/t14-/m0/s1. The number of Topliss-reactive ketones (excluding diaryl/α,β-unsaturated/α-hetero) is 1. The zero-order chi connectivity index (χ0) is 15.8. The van der Waals surface area contributed by atoms with Crippen molar-refractivity contribution < 1.29 is 14.4 Å². The Bertz CT molecular complexity index is 623. The molecule has 1 heterocycles. The van der Waals surface area contributed by atoms with Crippen LogP contribution in [0.4, 0.5) is 0 Å². The van der Waals surface area contributed by atoms with Gasteiger partial charge in [-0.25, -0.2) is 0 Å². The predicted molar refractivity (Wildman–Crippen MR) is 85.7 cm³/mol. The predicted octanol–water partition coefficient (Wildman–Crippen LogP) is 2.55. The molecule has 113 valence electrons. The smallest absolute Gasteiger partial charge is 0.261 e. The lowest BCUT2D eigenvalue weighted by Crippen LogP contribution is -2.42. The summed E-state index contributed by atoms with van der Waals surface area (Å²) >= 11 is 1.32. The second kappa shape index (κ2) is 8.24. The maximum atomic E-state index is 12.2. The van der Waals surface area contributed by atoms with Crippen LogP contribution in [0.25, 0.3) is 0 Å². The van der Waals surface area contributed by atoms with Crippen LogP contribution >= 0.6 is 11.3 Å². The monoisotopic (exact) mass is 314 g/mol. The van der Waals surface area contributed by atoms with E-state index in [2.05, 4.69) is 5.32 Å². The third-order valence-corrected chi connectivity index (χ3v) is 4.06. The van der Waals surface area contributed by atoms with Crippen LogP contribution in [0, 0.1) is 0 Å². The van der Waals surface area contributed by atoms with Crippen LogP contribution in [0.3, 0.4) is 0 Å². The van der Waals surface area contributed by atoms with Crippen LogP contribution < -0.4 is 5.32 Å². The Morgan fingerprint density at radius 3 is 2.55 bits per heavy atom. The molecule has 0 unspecified atom stereocenters. The molecular weight excluding hydrogens is 298 g/mol. The number of benzene rings is 1. The van der Waals surface area contributed by atoms with E-state index in [9.17, 15) is 14.4 Å². The van der Waals surface area contributed by atoms with E-state index in [1.165, 1.54) is 11.3 Å². The number of nitrogens with one attached hydrogen (secondary N) is 1. The Morgan fingerprint density at radius 2 is 1.91 bits per heavy atom. The Balaban J connectivity index is 2.08. The summed E-state index contributed by atoms with van der Waals surface area (Å²) in [6, 6.07) is 12.3. The number of hydrogen-bond acceptors (Lipinski definition) is 4. The minimum absolute atomic E-state index is 0.0546. The van der Waals surface area contributed by atoms with Crippen molar-refractivity contribution in [1.82, 2.24) is 5.32 Å². The highest BCUT2D eigenvalue weighted by atomic mass is 32.1. The lowest BCUT2D eigenvalue weighted by atomic mass is 9.99. The quantitative estimate of drug-likeness (QED) is 0.814. The molecule has 1 radical (unpaired) electrons. The highest BCUT2D eigenvalue weighted by molar-refractivity contribution is 7.12. The molecule has 1 aromatic heterocycles. The Labute approximate surface area is 133 Å². The maximum Gasteiger partial charge on any atom is 0.261 e. The van der Waals surface area contributed by atoms with Crippen LogP contribution in [0.1, 0.15) is 28.1 Å². The van der Waals surface area contributed by atoms with Gasteiger partial charge in [0, 0.05) is 12.8 Å². The average Bonchev–Trinajstić information content (AvgIpc) is 3.07. The first kappa shape index (κ1) is 16.1. The molecule has 22 heavy (non-hydrogen) atoms. The van der Waals surface area contributed by atoms with E-state index in [1.54, 1.807) is 18.4 Å². The van der Waals surface area contributed by atoms with Crippen molar-refractivity contribution in [2.75, 3.05) is 0 Å². The normalized spacial score (nSPS) is 11.6. The van der Waals surface area contributed by atoms with Gasteiger partial charge in [-0.05, 0) is 23.4 Å². The SMILES string of the molecule is O=[C]CCC(=O)[C@H](Cc1ccccc1)NC(=O)c1cccs1. The van der Waals surface area contributed by atoms with E-state index >= 15 is 0 Å².